The van der Waals surface area contributed by atoms with Crippen molar-refractivity contribution in [1.82, 2.24) is 4.57 Å². The third kappa shape index (κ3) is 3.10. The van der Waals surface area contributed by atoms with Crippen molar-refractivity contribution in [2.75, 3.05) is 0 Å². The highest BCUT2D eigenvalue weighted by molar-refractivity contribution is 6.31. The Morgan fingerprint density at radius 2 is 2.05 bits per heavy atom. The van der Waals surface area contributed by atoms with Crippen LogP contribution in [0.1, 0.15) is 23.2 Å². The maximum absolute atomic E-state index is 12.1. The van der Waals surface area contributed by atoms with Gasteiger partial charge in [0.15, 0.2) is 5.78 Å². The number of hydrogen-bond donors (Lipinski definition) is 0. The Hall–Kier alpha value is -1.49. The number of alkyl halides is 3. The highest BCUT2D eigenvalue weighted by Gasteiger charge is 2.28. The zero-order valence-electron chi connectivity index (χ0n) is 10.1. The molecule has 1 aromatic heterocycles. The van der Waals surface area contributed by atoms with Gasteiger partial charge in [-0.3, -0.25) is 4.79 Å². The zero-order valence-corrected chi connectivity index (χ0v) is 10.8. The minimum atomic E-state index is -4.32. The van der Waals surface area contributed by atoms with Gasteiger partial charge in [0.25, 0.3) is 0 Å². The van der Waals surface area contributed by atoms with E-state index >= 15 is 0 Å². The van der Waals surface area contributed by atoms with Crippen molar-refractivity contribution in [1.29, 1.82) is 0 Å². The van der Waals surface area contributed by atoms with Gasteiger partial charge in [-0.1, -0.05) is 17.7 Å². The van der Waals surface area contributed by atoms with E-state index in [2.05, 4.69) is 0 Å². The number of carbonyl (C=O) groups excluding carboxylic acids is 1. The number of Topliss-reactive ketones (excluding diaryl/α,β-unsaturated/α-hetero) is 1. The molecule has 0 unspecified atom stereocenters. The van der Waals surface area contributed by atoms with Crippen molar-refractivity contribution in [2.45, 2.75) is 19.0 Å². The van der Waals surface area contributed by atoms with E-state index in [1.807, 2.05) is 0 Å². The van der Waals surface area contributed by atoms with E-state index in [9.17, 15) is 18.0 Å². The molecule has 0 fully saturated rings. The topological polar surface area (TPSA) is 22.0 Å². The Balaban J connectivity index is 2.33. The van der Waals surface area contributed by atoms with Crippen LogP contribution in [0.25, 0.3) is 10.9 Å². The summed E-state index contributed by atoms with van der Waals surface area (Å²) in [6, 6.07) is 4.94. The summed E-state index contributed by atoms with van der Waals surface area (Å²) in [5, 5.41) is 1.14. The van der Waals surface area contributed by atoms with Gasteiger partial charge in [-0.05, 0) is 12.1 Å². The van der Waals surface area contributed by atoms with Gasteiger partial charge in [-0.2, -0.15) is 13.2 Å². The molecule has 1 heterocycles. The molecule has 1 aromatic carbocycles. The number of aryl methyl sites for hydroxylation is 1. The number of nitrogens with zero attached hydrogens (tertiary/aromatic N) is 1. The molecule has 0 N–H and O–H groups in total. The molecule has 102 valence electrons. The van der Waals surface area contributed by atoms with Crippen LogP contribution in [0.4, 0.5) is 13.2 Å². The van der Waals surface area contributed by atoms with Crippen molar-refractivity contribution in [3.63, 3.8) is 0 Å². The van der Waals surface area contributed by atoms with E-state index < -0.39 is 24.8 Å². The lowest BCUT2D eigenvalue weighted by atomic mass is 10.1. The van der Waals surface area contributed by atoms with Crippen LogP contribution in [0.15, 0.2) is 24.4 Å². The normalized spacial score (nSPS) is 12.1. The van der Waals surface area contributed by atoms with Crippen LogP contribution in [0.3, 0.4) is 0 Å². The second kappa shape index (κ2) is 4.89. The van der Waals surface area contributed by atoms with Gasteiger partial charge >= 0.3 is 6.18 Å². The number of aromatic nitrogens is 1. The van der Waals surface area contributed by atoms with Gasteiger partial charge < -0.3 is 4.57 Å². The lowest BCUT2D eigenvalue weighted by molar-refractivity contribution is -0.133. The number of carbonyl (C=O) groups is 1. The molecule has 0 saturated carbocycles. The van der Waals surface area contributed by atoms with Crippen LogP contribution < -0.4 is 0 Å². The summed E-state index contributed by atoms with van der Waals surface area (Å²) in [6.45, 7) is 0. The van der Waals surface area contributed by atoms with Gasteiger partial charge in [-0.25, -0.2) is 0 Å². The zero-order chi connectivity index (χ0) is 14.2. The van der Waals surface area contributed by atoms with E-state index in [1.54, 1.807) is 36.0 Å². The Labute approximate surface area is 112 Å². The van der Waals surface area contributed by atoms with Gasteiger partial charge in [0.05, 0.1) is 6.42 Å². The molecule has 0 aliphatic carbocycles. The molecule has 0 aliphatic rings. The van der Waals surface area contributed by atoms with Crippen molar-refractivity contribution in [3.05, 3.63) is 35.0 Å². The van der Waals surface area contributed by atoms with Crippen LogP contribution in [0, 0.1) is 0 Å². The van der Waals surface area contributed by atoms with E-state index in [0.29, 0.717) is 16.0 Å². The Morgan fingerprint density at radius 1 is 1.37 bits per heavy atom. The number of rotatable bonds is 3. The van der Waals surface area contributed by atoms with E-state index in [1.165, 1.54) is 0 Å². The minimum Gasteiger partial charge on any atom is -0.350 e. The molecule has 0 aliphatic heterocycles. The highest BCUT2D eigenvalue weighted by atomic mass is 35.5. The van der Waals surface area contributed by atoms with E-state index in [4.69, 9.17) is 11.6 Å². The number of halogens is 4. The molecular formula is C13H11ClF3NO. The van der Waals surface area contributed by atoms with Gasteiger partial charge in [-0.15, -0.1) is 0 Å². The summed E-state index contributed by atoms with van der Waals surface area (Å²) < 4.78 is 38.1. The van der Waals surface area contributed by atoms with Crippen LogP contribution in [-0.2, 0) is 7.05 Å². The molecule has 0 atom stereocenters. The van der Waals surface area contributed by atoms with Crippen LogP contribution >= 0.6 is 11.6 Å². The number of ketones is 1. The molecule has 2 rings (SSSR count). The molecule has 0 spiro atoms. The average molecular weight is 290 g/mol. The van der Waals surface area contributed by atoms with Gasteiger partial charge in [0, 0.05) is 41.2 Å². The van der Waals surface area contributed by atoms with Crippen molar-refractivity contribution in [2.24, 2.45) is 7.05 Å². The number of fused-ring (bicyclic) bond motifs is 1. The summed E-state index contributed by atoms with van der Waals surface area (Å²) in [6.07, 6.45) is -4.41. The smallest absolute Gasteiger partial charge is 0.350 e. The molecule has 0 amide bonds. The summed E-state index contributed by atoms with van der Waals surface area (Å²) in [7, 11) is 1.72. The highest BCUT2D eigenvalue weighted by Crippen LogP contribution is 2.27. The Kier molecular flexibility index (Phi) is 3.58. The predicted molar refractivity (Wildman–Crippen MR) is 67.5 cm³/mol. The fourth-order valence-electron chi connectivity index (χ4n) is 1.97. The lowest BCUT2D eigenvalue weighted by Crippen LogP contribution is -2.10. The second-order valence-corrected chi connectivity index (χ2v) is 4.79. The van der Waals surface area contributed by atoms with Crippen molar-refractivity contribution in [3.8, 4) is 0 Å². The van der Waals surface area contributed by atoms with Gasteiger partial charge in [0.1, 0.15) is 0 Å². The first kappa shape index (κ1) is 13.9. The standard InChI is InChI=1S/C13H11ClF3NO/c1-18-7-10(12(19)4-5-13(15,16)17)9-3-2-8(14)6-11(9)18/h2-3,6-7H,4-5H2,1H3. The quantitative estimate of drug-likeness (QED) is 0.770. The number of benzene rings is 1. The molecule has 2 aromatic rings. The molecular weight excluding hydrogens is 279 g/mol. The van der Waals surface area contributed by atoms with Gasteiger partial charge in [0.2, 0.25) is 0 Å². The third-order valence-corrected chi connectivity index (χ3v) is 3.12. The fraction of sp³-hybridized carbons (Fsp3) is 0.308. The first-order valence-electron chi connectivity index (χ1n) is 5.62. The fourth-order valence-corrected chi connectivity index (χ4v) is 2.14. The summed E-state index contributed by atoms with van der Waals surface area (Å²) >= 11 is 5.85. The first-order valence-corrected chi connectivity index (χ1v) is 6.00. The molecule has 0 bridgehead atoms. The molecule has 0 saturated heterocycles. The molecule has 0 radical (unpaired) electrons. The maximum atomic E-state index is 12.1. The minimum absolute atomic E-state index is 0.304. The molecule has 6 heteroatoms. The first-order chi connectivity index (χ1) is 8.78. The summed E-state index contributed by atoms with van der Waals surface area (Å²) in [5.74, 6) is -0.509. The largest absolute Gasteiger partial charge is 0.389 e. The van der Waals surface area contributed by atoms with Crippen LogP contribution in [-0.4, -0.2) is 16.5 Å². The van der Waals surface area contributed by atoms with Crippen molar-refractivity contribution >= 4 is 28.3 Å². The molecule has 2 nitrogen and oxygen atoms in total. The third-order valence-electron chi connectivity index (χ3n) is 2.89. The SMILES string of the molecule is Cn1cc(C(=O)CCC(F)(F)F)c2ccc(Cl)cc21. The monoisotopic (exact) mass is 289 g/mol. The number of hydrogen-bond acceptors (Lipinski definition) is 1. The van der Waals surface area contributed by atoms with E-state index in [0.717, 1.165) is 5.52 Å². The maximum Gasteiger partial charge on any atom is 0.389 e. The average Bonchev–Trinajstić information content (AvgIpc) is 2.63. The second-order valence-electron chi connectivity index (χ2n) is 4.35. The van der Waals surface area contributed by atoms with E-state index in [-0.39, 0.29) is 0 Å². The lowest BCUT2D eigenvalue weighted by Gasteiger charge is -2.04. The van der Waals surface area contributed by atoms with Crippen LogP contribution in [0.2, 0.25) is 5.02 Å². The summed E-state index contributed by atoms with van der Waals surface area (Å²) in [5.41, 5.74) is 1.03. The Bertz CT molecular complexity index is 631. The van der Waals surface area contributed by atoms with Crippen molar-refractivity contribution < 1.29 is 18.0 Å². The summed E-state index contributed by atoms with van der Waals surface area (Å²) in [4.78, 5) is 11.9. The Morgan fingerprint density at radius 3 is 2.68 bits per heavy atom. The predicted octanol–water partition coefficient (Wildman–Crippen LogP) is 4.36. The molecule has 19 heavy (non-hydrogen) atoms. The van der Waals surface area contributed by atoms with Crippen LogP contribution in [0.5, 0.6) is 0 Å².